The summed E-state index contributed by atoms with van der Waals surface area (Å²) in [5.41, 5.74) is 0.997. The van der Waals surface area contributed by atoms with E-state index >= 15 is 0 Å². The van der Waals surface area contributed by atoms with E-state index in [4.69, 9.17) is 4.74 Å². The van der Waals surface area contributed by atoms with Crippen LogP contribution in [0.4, 0.5) is 11.6 Å². The quantitative estimate of drug-likeness (QED) is 0.847. The lowest BCUT2D eigenvalue weighted by atomic mass is 10.3. The molecule has 0 spiro atoms. The SMILES string of the molecule is COC(=O)c1ccnc(Nc2ccc(OC)cc2)n1. The van der Waals surface area contributed by atoms with Gasteiger partial charge in [0.2, 0.25) is 5.95 Å². The van der Waals surface area contributed by atoms with Gasteiger partial charge in [-0.05, 0) is 30.3 Å². The predicted molar refractivity (Wildman–Crippen MR) is 69.6 cm³/mol. The number of hydrogen-bond donors (Lipinski definition) is 1. The van der Waals surface area contributed by atoms with Crippen LogP contribution < -0.4 is 10.1 Å². The monoisotopic (exact) mass is 259 g/mol. The Bertz CT molecular complexity index is 570. The molecule has 0 atom stereocenters. The number of hydrogen-bond acceptors (Lipinski definition) is 6. The van der Waals surface area contributed by atoms with Gasteiger partial charge in [-0.15, -0.1) is 0 Å². The van der Waals surface area contributed by atoms with Crippen LogP contribution in [0.25, 0.3) is 0 Å². The highest BCUT2D eigenvalue weighted by molar-refractivity contribution is 5.87. The number of nitrogens with zero attached hydrogens (tertiary/aromatic N) is 2. The molecule has 19 heavy (non-hydrogen) atoms. The molecule has 0 aliphatic rings. The smallest absolute Gasteiger partial charge is 0.356 e. The van der Waals surface area contributed by atoms with Crippen molar-refractivity contribution in [1.82, 2.24) is 9.97 Å². The summed E-state index contributed by atoms with van der Waals surface area (Å²) in [6.07, 6.45) is 1.49. The average Bonchev–Trinajstić information content (AvgIpc) is 2.47. The molecule has 0 fully saturated rings. The van der Waals surface area contributed by atoms with Crippen LogP contribution in [0.5, 0.6) is 5.75 Å². The number of ether oxygens (including phenoxy) is 2. The summed E-state index contributed by atoms with van der Waals surface area (Å²) in [6.45, 7) is 0. The second-order valence-electron chi connectivity index (χ2n) is 3.61. The molecule has 1 heterocycles. The maximum absolute atomic E-state index is 11.3. The summed E-state index contributed by atoms with van der Waals surface area (Å²) in [7, 11) is 2.91. The maximum Gasteiger partial charge on any atom is 0.356 e. The minimum Gasteiger partial charge on any atom is -0.497 e. The fourth-order valence-corrected chi connectivity index (χ4v) is 1.44. The van der Waals surface area contributed by atoms with Gasteiger partial charge in [0.1, 0.15) is 5.75 Å². The molecule has 0 saturated heterocycles. The molecular weight excluding hydrogens is 246 g/mol. The molecule has 98 valence electrons. The second-order valence-corrected chi connectivity index (χ2v) is 3.61. The highest BCUT2D eigenvalue weighted by Gasteiger charge is 2.08. The van der Waals surface area contributed by atoms with Crippen LogP contribution in [0.1, 0.15) is 10.5 Å². The van der Waals surface area contributed by atoms with Gasteiger partial charge < -0.3 is 14.8 Å². The zero-order valence-corrected chi connectivity index (χ0v) is 10.6. The summed E-state index contributed by atoms with van der Waals surface area (Å²) >= 11 is 0. The van der Waals surface area contributed by atoms with Gasteiger partial charge in [-0.1, -0.05) is 0 Å². The van der Waals surface area contributed by atoms with Gasteiger partial charge in [0, 0.05) is 11.9 Å². The Morgan fingerprint density at radius 1 is 1.16 bits per heavy atom. The minimum absolute atomic E-state index is 0.202. The molecule has 0 unspecified atom stereocenters. The van der Waals surface area contributed by atoms with Crippen molar-refractivity contribution in [1.29, 1.82) is 0 Å². The molecule has 0 aliphatic carbocycles. The lowest BCUT2D eigenvalue weighted by Gasteiger charge is -2.06. The summed E-state index contributed by atoms with van der Waals surface area (Å²) in [4.78, 5) is 19.4. The molecule has 6 nitrogen and oxygen atoms in total. The van der Waals surface area contributed by atoms with Crippen LogP contribution in [0.2, 0.25) is 0 Å². The molecular formula is C13H13N3O3. The van der Waals surface area contributed by atoms with Crippen LogP contribution in [-0.4, -0.2) is 30.2 Å². The molecule has 1 N–H and O–H groups in total. The highest BCUT2D eigenvalue weighted by atomic mass is 16.5. The number of carbonyl (C=O) groups is 1. The molecule has 0 amide bonds. The highest BCUT2D eigenvalue weighted by Crippen LogP contribution is 2.17. The Labute approximate surface area is 110 Å². The Balaban J connectivity index is 2.16. The van der Waals surface area contributed by atoms with Crippen LogP contribution in [-0.2, 0) is 4.74 Å². The van der Waals surface area contributed by atoms with Gasteiger partial charge in [-0.2, -0.15) is 0 Å². The number of carbonyl (C=O) groups excluding carboxylic acids is 1. The molecule has 0 radical (unpaired) electrons. The molecule has 0 aliphatic heterocycles. The van der Waals surface area contributed by atoms with Crippen molar-refractivity contribution in [3.05, 3.63) is 42.2 Å². The number of anilines is 2. The number of aromatic nitrogens is 2. The van der Waals surface area contributed by atoms with Crippen LogP contribution in [0.3, 0.4) is 0 Å². The average molecular weight is 259 g/mol. The fourth-order valence-electron chi connectivity index (χ4n) is 1.44. The standard InChI is InChI=1S/C13H13N3O3/c1-18-10-5-3-9(4-6-10)15-13-14-8-7-11(16-13)12(17)19-2/h3-8H,1-2H3,(H,14,15,16). The third-order valence-corrected chi connectivity index (χ3v) is 2.40. The number of nitrogens with one attached hydrogen (secondary N) is 1. The van der Waals surface area contributed by atoms with Gasteiger partial charge in [0.05, 0.1) is 14.2 Å². The molecule has 2 aromatic rings. The van der Waals surface area contributed by atoms with Crippen molar-refractivity contribution in [3.63, 3.8) is 0 Å². The van der Waals surface area contributed by atoms with E-state index in [-0.39, 0.29) is 5.69 Å². The van der Waals surface area contributed by atoms with Crippen molar-refractivity contribution < 1.29 is 14.3 Å². The van der Waals surface area contributed by atoms with E-state index in [1.807, 2.05) is 24.3 Å². The van der Waals surface area contributed by atoms with Crippen molar-refractivity contribution in [3.8, 4) is 5.75 Å². The van der Waals surface area contributed by atoms with Crippen molar-refractivity contribution in [2.75, 3.05) is 19.5 Å². The van der Waals surface area contributed by atoms with Crippen LogP contribution >= 0.6 is 0 Å². The lowest BCUT2D eigenvalue weighted by Crippen LogP contribution is -2.07. The summed E-state index contributed by atoms with van der Waals surface area (Å²) in [5, 5.41) is 2.99. The van der Waals surface area contributed by atoms with Gasteiger partial charge in [0.25, 0.3) is 0 Å². The van der Waals surface area contributed by atoms with E-state index in [0.29, 0.717) is 5.95 Å². The minimum atomic E-state index is -0.500. The third-order valence-electron chi connectivity index (χ3n) is 2.40. The van der Waals surface area contributed by atoms with Crippen molar-refractivity contribution in [2.45, 2.75) is 0 Å². The first-order valence-electron chi connectivity index (χ1n) is 5.55. The van der Waals surface area contributed by atoms with Gasteiger partial charge >= 0.3 is 5.97 Å². The maximum atomic E-state index is 11.3. The molecule has 1 aromatic carbocycles. The van der Waals surface area contributed by atoms with Gasteiger partial charge in [-0.3, -0.25) is 0 Å². The first-order valence-corrected chi connectivity index (χ1v) is 5.55. The Kier molecular flexibility index (Phi) is 3.92. The largest absolute Gasteiger partial charge is 0.497 e. The molecule has 0 saturated carbocycles. The van der Waals surface area contributed by atoms with E-state index < -0.39 is 5.97 Å². The van der Waals surface area contributed by atoms with E-state index in [9.17, 15) is 4.79 Å². The Morgan fingerprint density at radius 3 is 2.53 bits per heavy atom. The van der Waals surface area contributed by atoms with E-state index in [0.717, 1.165) is 11.4 Å². The van der Waals surface area contributed by atoms with Gasteiger partial charge in [0.15, 0.2) is 5.69 Å². The number of esters is 1. The van der Waals surface area contributed by atoms with Gasteiger partial charge in [-0.25, -0.2) is 14.8 Å². The Hall–Kier alpha value is -2.63. The summed E-state index contributed by atoms with van der Waals surface area (Å²) in [5.74, 6) is 0.586. The van der Waals surface area contributed by atoms with E-state index in [1.54, 1.807) is 7.11 Å². The summed E-state index contributed by atoms with van der Waals surface area (Å²) < 4.78 is 9.66. The van der Waals surface area contributed by atoms with E-state index in [1.165, 1.54) is 19.4 Å². The van der Waals surface area contributed by atoms with Crippen LogP contribution in [0.15, 0.2) is 36.5 Å². The topological polar surface area (TPSA) is 73.3 Å². The second kappa shape index (κ2) is 5.81. The zero-order chi connectivity index (χ0) is 13.7. The molecule has 6 heteroatoms. The van der Waals surface area contributed by atoms with Crippen molar-refractivity contribution in [2.24, 2.45) is 0 Å². The first-order chi connectivity index (χ1) is 9.22. The Morgan fingerprint density at radius 2 is 1.89 bits per heavy atom. The zero-order valence-electron chi connectivity index (χ0n) is 10.6. The predicted octanol–water partition coefficient (Wildman–Crippen LogP) is 2.02. The van der Waals surface area contributed by atoms with Crippen molar-refractivity contribution >= 4 is 17.6 Å². The third kappa shape index (κ3) is 3.19. The number of rotatable bonds is 4. The molecule has 0 bridgehead atoms. The molecule has 2 rings (SSSR count). The fraction of sp³-hybridized carbons (Fsp3) is 0.154. The van der Waals surface area contributed by atoms with E-state index in [2.05, 4.69) is 20.0 Å². The first kappa shape index (κ1) is 12.8. The molecule has 1 aromatic heterocycles. The van der Waals surface area contributed by atoms with Crippen LogP contribution in [0, 0.1) is 0 Å². The number of methoxy groups -OCH3 is 2. The summed E-state index contributed by atoms with van der Waals surface area (Å²) in [6, 6.07) is 8.77. The lowest BCUT2D eigenvalue weighted by molar-refractivity contribution is 0.0594. The number of benzene rings is 1. The normalized spacial score (nSPS) is 9.79.